The largest absolute Gasteiger partial charge is 0.304 e. The average Bonchev–Trinajstić information content (AvgIpc) is 2.34. The van der Waals surface area contributed by atoms with E-state index < -0.39 is 0 Å². The second-order valence-corrected chi connectivity index (χ2v) is 7.90. The third-order valence-electron chi connectivity index (χ3n) is 5.60. The lowest BCUT2D eigenvalue weighted by Gasteiger charge is -2.50. The normalized spacial score (nSPS) is 25.6. The topological polar surface area (TPSA) is 6.48 Å². The van der Waals surface area contributed by atoms with Crippen LogP contribution in [0, 0.1) is 5.41 Å². The highest BCUT2D eigenvalue weighted by atomic mass is 79.9. The van der Waals surface area contributed by atoms with Crippen LogP contribution in [-0.4, -0.2) is 54.9 Å². The second kappa shape index (κ2) is 6.44. The summed E-state index contributed by atoms with van der Waals surface area (Å²) in [4.78, 5) is 5.08. The van der Waals surface area contributed by atoms with E-state index in [0.29, 0.717) is 11.0 Å². The van der Waals surface area contributed by atoms with Gasteiger partial charge in [0.25, 0.3) is 0 Å². The molecule has 2 nitrogen and oxygen atoms in total. The summed E-state index contributed by atoms with van der Waals surface area (Å²) in [5.74, 6) is 0. The van der Waals surface area contributed by atoms with E-state index >= 15 is 0 Å². The van der Waals surface area contributed by atoms with E-state index in [0.717, 1.165) is 0 Å². The van der Waals surface area contributed by atoms with Crippen LogP contribution in [0.1, 0.15) is 51.4 Å². The van der Waals surface area contributed by atoms with Crippen LogP contribution in [0.5, 0.6) is 0 Å². The summed E-state index contributed by atoms with van der Waals surface area (Å²) in [7, 11) is 6.85. The first-order valence-corrected chi connectivity index (χ1v) is 9.06. The lowest BCUT2D eigenvalue weighted by molar-refractivity contribution is 0.0138. The predicted octanol–water partition coefficient (Wildman–Crippen LogP) is 3.75. The molecule has 0 aromatic carbocycles. The number of nitrogens with zero attached hydrogens (tertiary/aromatic N) is 2. The van der Waals surface area contributed by atoms with Gasteiger partial charge in [0.1, 0.15) is 0 Å². The molecule has 0 aromatic rings. The van der Waals surface area contributed by atoms with Gasteiger partial charge in [0.15, 0.2) is 0 Å². The highest BCUT2D eigenvalue weighted by Gasteiger charge is 2.41. The zero-order valence-corrected chi connectivity index (χ0v) is 14.6. The van der Waals surface area contributed by atoms with E-state index in [-0.39, 0.29) is 0 Å². The average molecular weight is 331 g/mol. The molecule has 0 unspecified atom stereocenters. The zero-order chi connectivity index (χ0) is 13.9. The number of hydrogen-bond acceptors (Lipinski definition) is 2. The van der Waals surface area contributed by atoms with Crippen LogP contribution in [0.4, 0.5) is 0 Å². The van der Waals surface area contributed by atoms with Crippen LogP contribution in [0.25, 0.3) is 0 Å². The van der Waals surface area contributed by atoms with Crippen molar-refractivity contribution in [2.24, 2.45) is 5.41 Å². The molecule has 19 heavy (non-hydrogen) atoms. The van der Waals surface area contributed by atoms with Gasteiger partial charge >= 0.3 is 0 Å². The Labute approximate surface area is 128 Å². The molecule has 0 saturated heterocycles. The molecular formula is C16H31BrN2. The number of halogens is 1. The van der Waals surface area contributed by atoms with Crippen molar-refractivity contribution in [1.29, 1.82) is 0 Å². The van der Waals surface area contributed by atoms with Gasteiger partial charge in [-0.2, -0.15) is 0 Å². The molecule has 2 aliphatic rings. The standard InChI is InChI=1S/C16H31BrN2/c1-18(2)16(10-7-11-16)14-19(3)13-15(12-17)8-5-4-6-9-15/h4-14H2,1-3H3. The summed E-state index contributed by atoms with van der Waals surface area (Å²) in [5, 5.41) is 1.18. The summed E-state index contributed by atoms with van der Waals surface area (Å²) in [6.45, 7) is 2.52. The number of likely N-dealkylation sites (N-methyl/N-ethyl adjacent to an activating group) is 2. The SMILES string of the molecule is CN(CC1(CBr)CCCCC1)CC1(N(C)C)CCC1. The van der Waals surface area contributed by atoms with Gasteiger partial charge in [0.05, 0.1) is 0 Å². The maximum atomic E-state index is 3.80. The van der Waals surface area contributed by atoms with E-state index in [9.17, 15) is 0 Å². The summed E-state index contributed by atoms with van der Waals surface area (Å²) in [6, 6.07) is 0. The fourth-order valence-corrected chi connectivity index (χ4v) is 4.84. The molecule has 0 radical (unpaired) electrons. The first kappa shape index (κ1) is 15.8. The van der Waals surface area contributed by atoms with Gasteiger partial charge in [-0.3, -0.25) is 0 Å². The summed E-state index contributed by atoms with van der Waals surface area (Å²) in [6.07, 6.45) is 11.3. The smallest absolute Gasteiger partial charge is 0.0330 e. The lowest BCUT2D eigenvalue weighted by Crippen LogP contribution is -2.57. The van der Waals surface area contributed by atoms with Crippen molar-refractivity contribution < 1.29 is 0 Å². The van der Waals surface area contributed by atoms with Gasteiger partial charge in [-0.25, -0.2) is 0 Å². The maximum Gasteiger partial charge on any atom is 0.0330 e. The van der Waals surface area contributed by atoms with Crippen LogP contribution >= 0.6 is 15.9 Å². The Morgan fingerprint density at radius 2 is 1.47 bits per heavy atom. The molecule has 112 valence electrons. The summed E-state index contributed by atoms with van der Waals surface area (Å²) < 4.78 is 0. The monoisotopic (exact) mass is 330 g/mol. The van der Waals surface area contributed by atoms with Crippen molar-refractivity contribution in [3.63, 3.8) is 0 Å². The van der Waals surface area contributed by atoms with E-state index in [1.54, 1.807) is 0 Å². The molecule has 0 atom stereocenters. The lowest BCUT2D eigenvalue weighted by atomic mass is 9.73. The maximum absolute atomic E-state index is 3.80. The van der Waals surface area contributed by atoms with Crippen LogP contribution in [0.2, 0.25) is 0 Å². The molecule has 2 saturated carbocycles. The van der Waals surface area contributed by atoms with Crippen molar-refractivity contribution in [2.75, 3.05) is 39.6 Å². The Kier molecular flexibility index (Phi) is 5.35. The van der Waals surface area contributed by atoms with Crippen molar-refractivity contribution >= 4 is 15.9 Å². The Morgan fingerprint density at radius 1 is 0.842 bits per heavy atom. The molecule has 0 aromatic heterocycles. The number of hydrogen-bond donors (Lipinski definition) is 0. The molecule has 3 heteroatoms. The van der Waals surface area contributed by atoms with Crippen molar-refractivity contribution in [3.05, 3.63) is 0 Å². The molecule has 0 N–H and O–H groups in total. The Hall–Kier alpha value is 0.400. The Morgan fingerprint density at radius 3 is 1.89 bits per heavy atom. The third-order valence-corrected chi connectivity index (χ3v) is 6.79. The number of rotatable bonds is 6. The fourth-order valence-electron chi connectivity index (χ4n) is 4.10. The third kappa shape index (κ3) is 3.54. The van der Waals surface area contributed by atoms with Crippen molar-refractivity contribution in [3.8, 4) is 0 Å². The van der Waals surface area contributed by atoms with Gasteiger partial charge in [-0.15, -0.1) is 0 Å². The Balaban J connectivity index is 1.90. The predicted molar refractivity (Wildman–Crippen MR) is 87.1 cm³/mol. The van der Waals surface area contributed by atoms with E-state index in [1.807, 2.05) is 0 Å². The summed E-state index contributed by atoms with van der Waals surface area (Å²) >= 11 is 3.80. The van der Waals surface area contributed by atoms with Crippen molar-refractivity contribution in [1.82, 2.24) is 9.80 Å². The van der Waals surface area contributed by atoms with E-state index in [1.165, 1.54) is 69.8 Å². The molecule has 2 fully saturated rings. The van der Waals surface area contributed by atoms with Gasteiger partial charge in [0.2, 0.25) is 0 Å². The van der Waals surface area contributed by atoms with Gasteiger partial charge in [0, 0.05) is 24.0 Å². The second-order valence-electron chi connectivity index (χ2n) is 7.34. The van der Waals surface area contributed by atoms with Gasteiger partial charge in [-0.05, 0) is 58.7 Å². The highest BCUT2D eigenvalue weighted by molar-refractivity contribution is 9.09. The van der Waals surface area contributed by atoms with Gasteiger partial charge < -0.3 is 9.80 Å². The minimum atomic E-state index is 0.469. The first-order chi connectivity index (χ1) is 9.02. The molecule has 2 rings (SSSR count). The molecule has 0 spiro atoms. The molecule has 0 aliphatic heterocycles. The molecular weight excluding hydrogens is 300 g/mol. The fraction of sp³-hybridized carbons (Fsp3) is 1.00. The summed E-state index contributed by atoms with van der Waals surface area (Å²) in [5.41, 5.74) is 1.02. The first-order valence-electron chi connectivity index (χ1n) is 7.94. The Bertz CT molecular complexity index is 280. The minimum absolute atomic E-state index is 0.469. The van der Waals surface area contributed by atoms with Crippen molar-refractivity contribution in [2.45, 2.75) is 56.9 Å². The van der Waals surface area contributed by atoms with E-state index in [2.05, 4.69) is 46.9 Å². The van der Waals surface area contributed by atoms with Crippen LogP contribution < -0.4 is 0 Å². The number of alkyl halides is 1. The molecule has 0 bridgehead atoms. The molecule has 0 heterocycles. The van der Waals surface area contributed by atoms with Crippen LogP contribution in [0.15, 0.2) is 0 Å². The minimum Gasteiger partial charge on any atom is -0.304 e. The highest BCUT2D eigenvalue weighted by Crippen LogP contribution is 2.40. The quantitative estimate of drug-likeness (QED) is 0.684. The molecule has 0 amide bonds. The zero-order valence-electron chi connectivity index (χ0n) is 13.1. The molecule has 2 aliphatic carbocycles. The van der Waals surface area contributed by atoms with Crippen LogP contribution in [0.3, 0.4) is 0 Å². The van der Waals surface area contributed by atoms with E-state index in [4.69, 9.17) is 0 Å². The van der Waals surface area contributed by atoms with Crippen LogP contribution in [-0.2, 0) is 0 Å². The van der Waals surface area contributed by atoms with Gasteiger partial charge in [-0.1, -0.05) is 35.2 Å².